The van der Waals surface area contributed by atoms with Crippen LogP contribution >= 0.6 is 0 Å². The average Bonchev–Trinajstić information content (AvgIpc) is 2.95. The number of fused-ring (bicyclic) bond motifs is 1. The molecule has 0 aliphatic carbocycles. The largest absolute Gasteiger partial charge is 0.465 e. The van der Waals surface area contributed by atoms with Gasteiger partial charge in [-0.25, -0.2) is 0 Å². The molecule has 0 bridgehead atoms. The summed E-state index contributed by atoms with van der Waals surface area (Å²) in [7, 11) is 0. The average molecular weight is 270 g/mol. The number of para-hydroxylation sites is 1. The molecule has 0 saturated heterocycles. The van der Waals surface area contributed by atoms with Crippen LogP contribution in [0.5, 0.6) is 0 Å². The van der Waals surface area contributed by atoms with E-state index in [1.165, 1.54) is 0 Å². The van der Waals surface area contributed by atoms with Crippen molar-refractivity contribution in [2.24, 2.45) is 5.92 Å². The summed E-state index contributed by atoms with van der Waals surface area (Å²) in [4.78, 5) is 14.5. The standard InChI is InChI=1S/C16H18N2O2/c1-11(2)10-18-15(14-8-5-9-20-14)17-13-7-4-3-6-12(13)16(18)19/h3-9,11,15,17H,10H2,1-2H3. The van der Waals surface area contributed by atoms with Crippen molar-refractivity contribution in [3.05, 3.63) is 54.0 Å². The first kappa shape index (κ1) is 12.8. The number of carbonyl (C=O) groups excluding carboxylic acids is 1. The highest BCUT2D eigenvalue weighted by molar-refractivity contribution is 6.01. The molecule has 104 valence electrons. The summed E-state index contributed by atoms with van der Waals surface area (Å²) < 4.78 is 5.49. The zero-order valence-corrected chi connectivity index (χ0v) is 11.7. The molecule has 1 N–H and O–H groups in total. The fourth-order valence-corrected chi connectivity index (χ4v) is 2.55. The van der Waals surface area contributed by atoms with E-state index in [1.807, 2.05) is 41.3 Å². The Morgan fingerprint density at radius 1 is 1.25 bits per heavy atom. The monoisotopic (exact) mass is 270 g/mol. The van der Waals surface area contributed by atoms with Gasteiger partial charge in [0.2, 0.25) is 0 Å². The van der Waals surface area contributed by atoms with Crippen molar-refractivity contribution in [3.63, 3.8) is 0 Å². The molecular formula is C16H18N2O2. The predicted molar refractivity (Wildman–Crippen MR) is 77.4 cm³/mol. The Hall–Kier alpha value is -2.23. The molecule has 0 saturated carbocycles. The minimum Gasteiger partial charge on any atom is -0.465 e. The molecule has 0 radical (unpaired) electrons. The lowest BCUT2D eigenvalue weighted by molar-refractivity contribution is 0.0636. The molecule has 3 rings (SSSR count). The molecule has 2 heterocycles. The van der Waals surface area contributed by atoms with Crippen LogP contribution in [0.25, 0.3) is 0 Å². The molecule has 1 aromatic heterocycles. The van der Waals surface area contributed by atoms with Crippen molar-refractivity contribution in [1.29, 1.82) is 0 Å². The maximum atomic E-state index is 12.7. The quantitative estimate of drug-likeness (QED) is 0.928. The van der Waals surface area contributed by atoms with Crippen LogP contribution in [0.2, 0.25) is 0 Å². The predicted octanol–water partition coefficient (Wildman–Crippen LogP) is 3.50. The van der Waals surface area contributed by atoms with E-state index in [9.17, 15) is 4.79 Å². The molecule has 1 aliphatic heterocycles. The van der Waals surface area contributed by atoms with E-state index in [2.05, 4.69) is 19.2 Å². The number of benzene rings is 1. The first-order chi connectivity index (χ1) is 9.66. The molecule has 20 heavy (non-hydrogen) atoms. The van der Waals surface area contributed by atoms with Gasteiger partial charge in [-0.1, -0.05) is 26.0 Å². The summed E-state index contributed by atoms with van der Waals surface area (Å²) >= 11 is 0. The molecule has 1 amide bonds. The summed E-state index contributed by atoms with van der Waals surface area (Å²) in [5, 5.41) is 3.40. The Bertz CT molecular complexity index is 605. The zero-order valence-electron chi connectivity index (χ0n) is 11.7. The lowest BCUT2D eigenvalue weighted by Crippen LogP contribution is -2.44. The SMILES string of the molecule is CC(C)CN1C(=O)c2ccccc2NC1c1ccco1. The number of carbonyl (C=O) groups is 1. The van der Waals surface area contributed by atoms with Gasteiger partial charge in [-0.3, -0.25) is 4.79 Å². The lowest BCUT2D eigenvalue weighted by Gasteiger charge is -2.37. The fraction of sp³-hybridized carbons (Fsp3) is 0.312. The second-order valence-corrected chi connectivity index (χ2v) is 5.46. The fourth-order valence-electron chi connectivity index (χ4n) is 2.55. The Balaban J connectivity index is 2.02. The third-order valence-corrected chi connectivity index (χ3v) is 3.40. The van der Waals surface area contributed by atoms with Gasteiger partial charge in [-0.15, -0.1) is 0 Å². The Labute approximate surface area is 118 Å². The van der Waals surface area contributed by atoms with Crippen LogP contribution in [0.3, 0.4) is 0 Å². The molecule has 0 spiro atoms. The van der Waals surface area contributed by atoms with Gasteiger partial charge in [0, 0.05) is 12.2 Å². The van der Waals surface area contributed by atoms with Crippen molar-refractivity contribution in [3.8, 4) is 0 Å². The molecule has 0 fully saturated rings. The summed E-state index contributed by atoms with van der Waals surface area (Å²) in [6, 6.07) is 11.3. The van der Waals surface area contributed by atoms with Gasteiger partial charge in [0.05, 0.1) is 11.8 Å². The first-order valence-electron chi connectivity index (χ1n) is 6.86. The lowest BCUT2D eigenvalue weighted by atomic mass is 10.0. The van der Waals surface area contributed by atoms with E-state index in [0.29, 0.717) is 12.5 Å². The molecule has 4 nitrogen and oxygen atoms in total. The van der Waals surface area contributed by atoms with Crippen LogP contribution in [0.1, 0.15) is 36.1 Å². The zero-order chi connectivity index (χ0) is 14.1. The van der Waals surface area contributed by atoms with Crippen LogP contribution in [0.15, 0.2) is 47.1 Å². The Kier molecular flexibility index (Phi) is 3.22. The number of nitrogens with zero attached hydrogens (tertiary/aromatic N) is 1. The Morgan fingerprint density at radius 2 is 2.05 bits per heavy atom. The van der Waals surface area contributed by atoms with Gasteiger partial charge in [0.15, 0.2) is 6.17 Å². The second kappa shape index (κ2) is 5.04. The van der Waals surface area contributed by atoms with E-state index in [1.54, 1.807) is 6.26 Å². The van der Waals surface area contributed by atoms with E-state index >= 15 is 0 Å². The normalized spacial score (nSPS) is 18.1. The Morgan fingerprint density at radius 3 is 2.75 bits per heavy atom. The van der Waals surface area contributed by atoms with E-state index in [4.69, 9.17) is 4.42 Å². The van der Waals surface area contributed by atoms with Crippen LogP contribution in [-0.4, -0.2) is 17.4 Å². The van der Waals surface area contributed by atoms with E-state index in [-0.39, 0.29) is 12.1 Å². The third-order valence-electron chi connectivity index (χ3n) is 3.40. The second-order valence-electron chi connectivity index (χ2n) is 5.46. The molecular weight excluding hydrogens is 252 g/mol. The van der Waals surface area contributed by atoms with Crippen molar-refractivity contribution < 1.29 is 9.21 Å². The summed E-state index contributed by atoms with van der Waals surface area (Å²) in [5.41, 5.74) is 1.58. The van der Waals surface area contributed by atoms with E-state index in [0.717, 1.165) is 17.0 Å². The summed E-state index contributed by atoms with van der Waals surface area (Å²) in [6.45, 7) is 4.89. The maximum absolute atomic E-state index is 12.7. The molecule has 4 heteroatoms. The minimum absolute atomic E-state index is 0.0504. The van der Waals surface area contributed by atoms with Gasteiger partial charge >= 0.3 is 0 Å². The van der Waals surface area contributed by atoms with Gasteiger partial charge in [-0.05, 0) is 30.2 Å². The van der Waals surface area contributed by atoms with E-state index < -0.39 is 0 Å². The summed E-state index contributed by atoms with van der Waals surface area (Å²) in [6.07, 6.45) is 1.39. The summed E-state index contributed by atoms with van der Waals surface area (Å²) in [5.74, 6) is 1.20. The highest BCUT2D eigenvalue weighted by Gasteiger charge is 2.34. The van der Waals surface area contributed by atoms with Crippen LogP contribution in [-0.2, 0) is 0 Å². The highest BCUT2D eigenvalue weighted by Crippen LogP contribution is 2.33. The maximum Gasteiger partial charge on any atom is 0.257 e. The van der Waals surface area contributed by atoms with Gasteiger partial charge in [0.1, 0.15) is 5.76 Å². The van der Waals surface area contributed by atoms with Crippen molar-refractivity contribution in [2.75, 3.05) is 11.9 Å². The van der Waals surface area contributed by atoms with Gasteiger partial charge in [0.25, 0.3) is 5.91 Å². The number of anilines is 1. The first-order valence-corrected chi connectivity index (χ1v) is 6.86. The smallest absolute Gasteiger partial charge is 0.257 e. The number of nitrogens with one attached hydrogen (secondary N) is 1. The van der Waals surface area contributed by atoms with Crippen LogP contribution in [0, 0.1) is 5.92 Å². The number of amides is 1. The van der Waals surface area contributed by atoms with Gasteiger partial charge in [-0.2, -0.15) is 0 Å². The van der Waals surface area contributed by atoms with Crippen molar-refractivity contribution in [1.82, 2.24) is 4.90 Å². The van der Waals surface area contributed by atoms with Crippen molar-refractivity contribution >= 4 is 11.6 Å². The molecule has 2 aromatic rings. The van der Waals surface area contributed by atoms with Crippen LogP contribution < -0.4 is 5.32 Å². The highest BCUT2D eigenvalue weighted by atomic mass is 16.3. The van der Waals surface area contributed by atoms with Crippen molar-refractivity contribution in [2.45, 2.75) is 20.0 Å². The number of hydrogen-bond acceptors (Lipinski definition) is 3. The number of rotatable bonds is 3. The van der Waals surface area contributed by atoms with Gasteiger partial charge < -0.3 is 14.6 Å². The molecule has 1 aromatic carbocycles. The molecule has 1 aliphatic rings. The number of hydrogen-bond donors (Lipinski definition) is 1. The molecule has 1 unspecified atom stereocenters. The number of furan rings is 1. The topological polar surface area (TPSA) is 45.5 Å². The third kappa shape index (κ3) is 2.18. The van der Waals surface area contributed by atoms with Crippen LogP contribution in [0.4, 0.5) is 5.69 Å². The minimum atomic E-state index is -0.241. The molecule has 1 atom stereocenters.